The van der Waals surface area contributed by atoms with Crippen LogP contribution in [0.5, 0.6) is 0 Å². The molecule has 0 spiro atoms. The average molecular weight is 214 g/mol. The Balaban J connectivity index is 2.47. The van der Waals surface area contributed by atoms with Crippen LogP contribution in [0.1, 0.15) is 12.5 Å². The van der Waals surface area contributed by atoms with E-state index in [9.17, 15) is 0 Å². The Morgan fingerprint density at radius 1 is 1.54 bits per heavy atom. The van der Waals surface area contributed by atoms with E-state index in [4.69, 9.17) is 11.6 Å². The smallest absolute Gasteiger partial charge is 0.0670 e. The number of anilines is 1. The second kappa shape index (κ2) is 3.43. The Labute approximate surface area is 87.9 Å². The van der Waals surface area contributed by atoms with Crippen LogP contribution >= 0.6 is 23.4 Å². The van der Waals surface area contributed by atoms with Crippen molar-refractivity contribution in [2.45, 2.75) is 24.8 Å². The maximum absolute atomic E-state index is 6.14. The molecule has 1 atom stereocenters. The van der Waals surface area contributed by atoms with E-state index in [0.717, 1.165) is 16.5 Å². The second-order valence-electron chi connectivity index (χ2n) is 3.48. The van der Waals surface area contributed by atoms with Gasteiger partial charge in [-0.3, -0.25) is 0 Å². The first-order chi connectivity index (χ1) is 6.16. The molecule has 1 aliphatic heterocycles. The van der Waals surface area contributed by atoms with Gasteiger partial charge in [0.2, 0.25) is 0 Å². The fourth-order valence-corrected chi connectivity index (χ4v) is 2.95. The lowest BCUT2D eigenvalue weighted by atomic mass is 10.2. The molecule has 2 rings (SSSR count). The van der Waals surface area contributed by atoms with Gasteiger partial charge in [-0.05, 0) is 31.5 Å². The zero-order valence-corrected chi connectivity index (χ0v) is 9.30. The van der Waals surface area contributed by atoms with Crippen molar-refractivity contribution in [3.05, 3.63) is 22.7 Å². The van der Waals surface area contributed by atoms with Crippen LogP contribution in [0.3, 0.4) is 0 Å². The first-order valence-electron chi connectivity index (χ1n) is 4.36. The molecule has 13 heavy (non-hydrogen) atoms. The number of hydrogen-bond acceptors (Lipinski definition) is 2. The summed E-state index contributed by atoms with van der Waals surface area (Å²) >= 11 is 8.02. The average Bonchev–Trinajstić information content (AvgIpc) is 2.06. The number of benzene rings is 1. The van der Waals surface area contributed by atoms with Gasteiger partial charge < -0.3 is 5.32 Å². The summed E-state index contributed by atoms with van der Waals surface area (Å²) in [7, 11) is 0. The Hall–Kier alpha value is -0.340. The highest BCUT2D eigenvalue weighted by molar-refractivity contribution is 7.99. The van der Waals surface area contributed by atoms with E-state index < -0.39 is 0 Å². The number of aryl methyl sites for hydroxylation is 1. The van der Waals surface area contributed by atoms with Gasteiger partial charge in [0, 0.05) is 16.7 Å². The highest BCUT2D eigenvalue weighted by Crippen LogP contribution is 2.38. The van der Waals surface area contributed by atoms with Crippen molar-refractivity contribution in [1.29, 1.82) is 0 Å². The molecule has 1 nitrogen and oxygen atoms in total. The Morgan fingerprint density at radius 3 is 3.08 bits per heavy atom. The summed E-state index contributed by atoms with van der Waals surface area (Å²) in [5.74, 6) is 1.12. The molecule has 0 aromatic heterocycles. The van der Waals surface area contributed by atoms with Crippen molar-refractivity contribution in [2.24, 2.45) is 0 Å². The lowest BCUT2D eigenvalue weighted by molar-refractivity contribution is 0.894. The molecule has 1 unspecified atom stereocenters. The molecule has 0 saturated carbocycles. The SMILES string of the molecule is Cc1cc(Cl)c2c(c1)SCC(C)N2. The number of halogens is 1. The van der Waals surface area contributed by atoms with Gasteiger partial charge in [-0.2, -0.15) is 0 Å². The van der Waals surface area contributed by atoms with Crippen LogP contribution in [0.25, 0.3) is 0 Å². The van der Waals surface area contributed by atoms with Crippen molar-refractivity contribution >= 4 is 29.1 Å². The normalized spacial score (nSPS) is 20.7. The van der Waals surface area contributed by atoms with Gasteiger partial charge in [-0.15, -0.1) is 11.8 Å². The number of rotatable bonds is 0. The summed E-state index contributed by atoms with van der Waals surface area (Å²) in [4.78, 5) is 1.28. The standard InChI is InChI=1S/C10H12ClNS/c1-6-3-8(11)10-9(4-6)13-5-7(2)12-10/h3-4,7,12H,5H2,1-2H3. The topological polar surface area (TPSA) is 12.0 Å². The zero-order valence-electron chi connectivity index (χ0n) is 7.73. The lowest BCUT2D eigenvalue weighted by Gasteiger charge is -2.24. The molecule has 0 amide bonds. The van der Waals surface area contributed by atoms with Crippen LogP contribution in [0.2, 0.25) is 5.02 Å². The van der Waals surface area contributed by atoms with Gasteiger partial charge in [0.25, 0.3) is 0 Å². The predicted molar refractivity (Wildman–Crippen MR) is 60.0 cm³/mol. The minimum Gasteiger partial charge on any atom is -0.380 e. The Bertz CT molecular complexity index is 338. The third kappa shape index (κ3) is 1.79. The van der Waals surface area contributed by atoms with Crippen LogP contribution in [-0.2, 0) is 0 Å². The third-order valence-electron chi connectivity index (χ3n) is 2.08. The van der Waals surface area contributed by atoms with Crippen molar-refractivity contribution in [3.63, 3.8) is 0 Å². The first kappa shape index (κ1) is 9.22. The molecule has 0 bridgehead atoms. The molecule has 1 aliphatic rings. The highest BCUT2D eigenvalue weighted by atomic mass is 35.5. The summed E-state index contributed by atoms with van der Waals surface area (Å²) in [5, 5.41) is 4.24. The molecular weight excluding hydrogens is 202 g/mol. The third-order valence-corrected chi connectivity index (χ3v) is 3.68. The molecule has 1 aromatic carbocycles. The largest absolute Gasteiger partial charge is 0.380 e. The molecule has 70 valence electrons. The zero-order chi connectivity index (χ0) is 9.42. The molecule has 0 aliphatic carbocycles. The van der Waals surface area contributed by atoms with Gasteiger partial charge in [0.15, 0.2) is 0 Å². The van der Waals surface area contributed by atoms with Crippen molar-refractivity contribution in [1.82, 2.24) is 0 Å². The molecule has 0 fully saturated rings. The van der Waals surface area contributed by atoms with E-state index >= 15 is 0 Å². The van der Waals surface area contributed by atoms with E-state index in [0.29, 0.717) is 6.04 Å². The predicted octanol–water partition coefficient (Wildman–Crippen LogP) is 3.55. The summed E-state index contributed by atoms with van der Waals surface area (Å²) in [6.07, 6.45) is 0. The number of fused-ring (bicyclic) bond motifs is 1. The monoisotopic (exact) mass is 213 g/mol. The fraction of sp³-hybridized carbons (Fsp3) is 0.400. The summed E-state index contributed by atoms with van der Waals surface area (Å²) in [6.45, 7) is 4.25. The van der Waals surface area contributed by atoms with Crippen LogP contribution in [0.15, 0.2) is 17.0 Å². The van der Waals surface area contributed by atoms with Crippen LogP contribution < -0.4 is 5.32 Å². The number of hydrogen-bond donors (Lipinski definition) is 1. The molecule has 3 heteroatoms. The number of nitrogens with one attached hydrogen (secondary N) is 1. The molecule has 1 N–H and O–H groups in total. The Morgan fingerprint density at radius 2 is 2.31 bits per heavy atom. The van der Waals surface area contributed by atoms with E-state index in [2.05, 4.69) is 25.2 Å². The molecule has 0 radical (unpaired) electrons. The first-order valence-corrected chi connectivity index (χ1v) is 5.72. The fourth-order valence-electron chi connectivity index (χ4n) is 1.47. The maximum atomic E-state index is 6.14. The van der Waals surface area contributed by atoms with E-state index in [1.165, 1.54) is 10.5 Å². The van der Waals surface area contributed by atoms with Crippen molar-refractivity contribution in [3.8, 4) is 0 Å². The molecular formula is C10H12ClNS. The van der Waals surface area contributed by atoms with Crippen LogP contribution in [0.4, 0.5) is 5.69 Å². The van der Waals surface area contributed by atoms with Crippen LogP contribution in [0, 0.1) is 6.92 Å². The van der Waals surface area contributed by atoms with E-state index in [-0.39, 0.29) is 0 Å². The number of thioether (sulfide) groups is 1. The quantitative estimate of drug-likeness (QED) is 0.708. The second-order valence-corrected chi connectivity index (χ2v) is 4.95. The van der Waals surface area contributed by atoms with E-state index in [1.54, 1.807) is 0 Å². The lowest BCUT2D eigenvalue weighted by Crippen LogP contribution is -2.22. The van der Waals surface area contributed by atoms with Gasteiger partial charge >= 0.3 is 0 Å². The van der Waals surface area contributed by atoms with Gasteiger partial charge in [-0.25, -0.2) is 0 Å². The Kier molecular flexibility index (Phi) is 2.43. The van der Waals surface area contributed by atoms with Gasteiger partial charge in [-0.1, -0.05) is 11.6 Å². The minimum absolute atomic E-state index is 0.512. The summed E-state index contributed by atoms with van der Waals surface area (Å²) in [6, 6.07) is 4.70. The van der Waals surface area contributed by atoms with Crippen LogP contribution in [-0.4, -0.2) is 11.8 Å². The van der Waals surface area contributed by atoms with Gasteiger partial charge in [0.1, 0.15) is 0 Å². The van der Waals surface area contributed by atoms with Crippen molar-refractivity contribution < 1.29 is 0 Å². The highest BCUT2D eigenvalue weighted by Gasteiger charge is 2.17. The maximum Gasteiger partial charge on any atom is 0.0670 e. The summed E-state index contributed by atoms with van der Waals surface area (Å²) < 4.78 is 0. The van der Waals surface area contributed by atoms with Gasteiger partial charge in [0.05, 0.1) is 10.7 Å². The molecule has 1 aromatic rings. The summed E-state index contributed by atoms with van der Waals surface area (Å²) in [5.41, 5.74) is 2.34. The molecule has 1 heterocycles. The van der Waals surface area contributed by atoms with Crippen molar-refractivity contribution in [2.75, 3.05) is 11.1 Å². The minimum atomic E-state index is 0.512. The van der Waals surface area contributed by atoms with E-state index in [1.807, 2.05) is 17.8 Å². The molecule has 0 saturated heterocycles.